The maximum atomic E-state index is 11.7. The van der Waals surface area contributed by atoms with Crippen molar-refractivity contribution in [1.82, 2.24) is 15.3 Å². The molecule has 6 heteroatoms. The average Bonchev–Trinajstić information content (AvgIpc) is 2.83. The first-order chi connectivity index (χ1) is 15.6. The quantitative estimate of drug-likeness (QED) is 0.318. The van der Waals surface area contributed by atoms with Crippen molar-refractivity contribution >= 4 is 28.9 Å². The lowest BCUT2D eigenvalue weighted by Gasteiger charge is -2.28. The van der Waals surface area contributed by atoms with E-state index in [1.165, 1.54) is 11.1 Å². The number of benzene rings is 3. The monoisotopic (exact) mass is 443 g/mol. The van der Waals surface area contributed by atoms with Crippen LogP contribution < -0.4 is 5.32 Å². The van der Waals surface area contributed by atoms with E-state index in [-0.39, 0.29) is 11.7 Å². The molecule has 0 amide bonds. The van der Waals surface area contributed by atoms with Crippen molar-refractivity contribution in [2.24, 2.45) is 0 Å². The molecular formula is C26H22ClN3O2. The van der Waals surface area contributed by atoms with E-state index in [4.69, 9.17) is 11.6 Å². The van der Waals surface area contributed by atoms with E-state index in [1.807, 2.05) is 30.3 Å². The van der Waals surface area contributed by atoms with Crippen molar-refractivity contribution in [2.75, 3.05) is 0 Å². The molecule has 1 heterocycles. The van der Waals surface area contributed by atoms with Crippen molar-refractivity contribution in [3.05, 3.63) is 94.1 Å². The van der Waals surface area contributed by atoms with Crippen LogP contribution in [0.15, 0.2) is 66.7 Å². The normalized spacial score (nSPS) is 16.5. The lowest BCUT2D eigenvalue weighted by atomic mass is 9.87. The van der Waals surface area contributed by atoms with E-state index >= 15 is 0 Å². The van der Waals surface area contributed by atoms with Gasteiger partial charge in [-0.3, -0.25) is 10.1 Å². The minimum Gasteiger partial charge on any atom is -0.374 e. The van der Waals surface area contributed by atoms with Gasteiger partial charge in [0.1, 0.15) is 17.6 Å². The molecular weight excluding hydrogens is 422 g/mol. The Morgan fingerprint density at radius 1 is 1.03 bits per heavy atom. The number of aliphatic hydroxyl groups is 1. The molecule has 0 saturated carbocycles. The summed E-state index contributed by atoms with van der Waals surface area (Å²) in [7, 11) is 0. The van der Waals surface area contributed by atoms with Crippen LogP contribution in [0.2, 0.25) is 5.02 Å². The van der Waals surface area contributed by atoms with E-state index in [0.717, 1.165) is 24.8 Å². The van der Waals surface area contributed by atoms with Gasteiger partial charge in [-0.25, -0.2) is 9.97 Å². The van der Waals surface area contributed by atoms with Gasteiger partial charge in [0, 0.05) is 16.6 Å². The molecule has 1 aromatic heterocycles. The van der Waals surface area contributed by atoms with Crippen molar-refractivity contribution in [2.45, 2.75) is 31.5 Å². The molecule has 1 unspecified atom stereocenters. The molecule has 1 aliphatic carbocycles. The van der Waals surface area contributed by atoms with Crippen LogP contribution in [0.3, 0.4) is 0 Å². The van der Waals surface area contributed by atoms with Gasteiger partial charge in [-0.2, -0.15) is 0 Å². The van der Waals surface area contributed by atoms with Crippen molar-refractivity contribution in [1.29, 1.82) is 0 Å². The highest BCUT2D eigenvalue weighted by atomic mass is 35.5. The van der Waals surface area contributed by atoms with Crippen LogP contribution in [0, 0.1) is 0 Å². The van der Waals surface area contributed by atoms with Gasteiger partial charge in [-0.15, -0.1) is 0 Å². The summed E-state index contributed by atoms with van der Waals surface area (Å²) in [5.74, 6) is 0. The molecule has 2 atom stereocenters. The summed E-state index contributed by atoms with van der Waals surface area (Å²) in [6.07, 6.45) is 2.98. The second-order valence-corrected chi connectivity index (χ2v) is 8.48. The first kappa shape index (κ1) is 20.8. The van der Waals surface area contributed by atoms with Gasteiger partial charge >= 0.3 is 0 Å². The Kier molecular flexibility index (Phi) is 5.70. The first-order valence-electron chi connectivity index (χ1n) is 10.7. The van der Waals surface area contributed by atoms with Crippen LogP contribution >= 0.6 is 11.6 Å². The smallest absolute Gasteiger partial charge is 0.170 e. The lowest BCUT2D eigenvalue weighted by molar-refractivity contribution is 0.111. The maximum Gasteiger partial charge on any atom is 0.170 e. The maximum absolute atomic E-state index is 11.7. The predicted molar refractivity (Wildman–Crippen MR) is 126 cm³/mol. The average molecular weight is 444 g/mol. The summed E-state index contributed by atoms with van der Waals surface area (Å²) in [6.45, 7) is 0. The minimum atomic E-state index is -0.854. The molecule has 0 saturated heterocycles. The number of carbonyl (C=O) groups excluding carboxylic acids is 1. The summed E-state index contributed by atoms with van der Waals surface area (Å²) in [5.41, 5.74) is 6.01. The number of aliphatic hydroxyl groups excluding tert-OH is 1. The number of nitrogens with one attached hydrogen (secondary N) is 1. The number of carbonyl (C=O) groups is 1. The number of aldehydes is 1. The van der Waals surface area contributed by atoms with Crippen molar-refractivity contribution in [3.63, 3.8) is 0 Å². The molecule has 32 heavy (non-hydrogen) atoms. The molecule has 1 aliphatic rings. The van der Waals surface area contributed by atoms with Crippen LogP contribution in [-0.2, 0) is 6.42 Å². The number of rotatable bonds is 5. The van der Waals surface area contributed by atoms with E-state index in [1.54, 1.807) is 18.2 Å². The highest BCUT2D eigenvalue weighted by Crippen LogP contribution is 2.32. The molecule has 0 fully saturated rings. The summed E-state index contributed by atoms with van der Waals surface area (Å²) < 4.78 is 0. The number of halogens is 1. The third-order valence-electron chi connectivity index (χ3n) is 5.99. The van der Waals surface area contributed by atoms with Crippen LogP contribution in [0.25, 0.3) is 22.3 Å². The zero-order valence-electron chi connectivity index (χ0n) is 17.3. The van der Waals surface area contributed by atoms with E-state index in [9.17, 15) is 9.90 Å². The third-order valence-corrected chi connectivity index (χ3v) is 6.24. The van der Waals surface area contributed by atoms with Crippen molar-refractivity contribution in [3.8, 4) is 11.3 Å². The largest absolute Gasteiger partial charge is 0.374 e. The van der Waals surface area contributed by atoms with Gasteiger partial charge < -0.3 is 5.11 Å². The number of aryl methyl sites for hydroxylation is 1. The molecule has 4 aromatic rings. The zero-order valence-corrected chi connectivity index (χ0v) is 18.1. The third kappa shape index (κ3) is 4.02. The molecule has 5 nitrogen and oxygen atoms in total. The predicted octanol–water partition coefficient (Wildman–Crippen LogP) is 5.42. The van der Waals surface area contributed by atoms with Crippen LogP contribution in [0.1, 0.15) is 52.3 Å². The molecule has 160 valence electrons. The number of hydrogen-bond acceptors (Lipinski definition) is 5. The number of hydrogen-bond donors (Lipinski definition) is 2. The highest BCUT2D eigenvalue weighted by Gasteiger charge is 2.22. The van der Waals surface area contributed by atoms with Gasteiger partial charge in [0.2, 0.25) is 0 Å². The van der Waals surface area contributed by atoms with Crippen molar-refractivity contribution < 1.29 is 9.90 Å². The minimum absolute atomic E-state index is 0.0922. The van der Waals surface area contributed by atoms with Crippen LogP contribution in [0.4, 0.5) is 0 Å². The molecule has 2 N–H and O–H groups in total. The number of aromatic nitrogens is 2. The molecule has 0 bridgehead atoms. The first-order valence-corrected chi connectivity index (χ1v) is 11.0. The summed E-state index contributed by atoms with van der Waals surface area (Å²) in [4.78, 5) is 20.9. The highest BCUT2D eigenvalue weighted by molar-refractivity contribution is 6.30. The Hall–Kier alpha value is -3.12. The van der Waals surface area contributed by atoms with Crippen LogP contribution in [0.5, 0.6) is 0 Å². The van der Waals surface area contributed by atoms with E-state index < -0.39 is 6.23 Å². The Morgan fingerprint density at radius 2 is 1.84 bits per heavy atom. The topological polar surface area (TPSA) is 75.1 Å². The van der Waals surface area contributed by atoms with Crippen LogP contribution in [-0.4, -0.2) is 21.4 Å². The summed E-state index contributed by atoms with van der Waals surface area (Å²) in [5, 5.41) is 14.9. The fourth-order valence-corrected chi connectivity index (χ4v) is 4.50. The zero-order chi connectivity index (χ0) is 22.1. The molecule has 3 aromatic carbocycles. The molecule has 0 radical (unpaired) electrons. The Labute approximate surface area is 191 Å². The lowest BCUT2D eigenvalue weighted by Crippen LogP contribution is -2.29. The van der Waals surface area contributed by atoms with E-state index in [0.29, 0.717) is 33.6 Å². The van der Waals surface area contributed by atoms with E-state index in [2.05, 4.69) is 33.5 Å². The summed E-state index contributed by atoms with van der Waals surface area (Å²) in [6, 6.07) is 21.1. The molecule has 5 rings (SSSR count). The van der Waals surface area contributed by atoms with Gasteiger partial charge in [-0.1, -0.05) is 54.1 Å². The fraction of sp³-hybridized carbons (Fsp3) is 0.192. The fourth-order valence-electron chi connectivity index (χ4n) is 4.37. The van der Waals surface area contributed by atoms with Gasteiger partial charge in [0.05, 0.1) is 11.0 Å². The van der Waals surface area contributed by atoms with Gasteiger partial charge in [0.25, 0.3) is 0 Å². The Bertz CT molecular complexity index is 1290. The SMILES string of the molecule is O=Cc1nc2cc(C(O)N[C@@H]3CCCc4ccccc43)ccc2nc1-c1ccc(Cl)cc1. The number of nitrogens with zero attached hydrogens (tertiary/aromatic N) is 2. The second-order valence-electron chi connectivity index (χ2n) is 8.04. The Balaban J connectivity index is 1.45. The molecule has 0 aliphatic heterocycles. The second kappa shape index (κ2) is 8.79. The molecule has 0 spiro atoms. The van der Waals surface area contributed by atoms with Gasteiger partial charge in [0.15, 0.2) is 6.29 Å². The summed E-state index contributed by atoms with van der Waals surface area (Å²) >= 11 is 5.98. The number of fused-ring (bicyclic) bond motifs is 2. The standard InChI is InChI=1S/C26H22ClN3O2/c27-19-11-8-17(9-12-19)25-24(15-31)28-23-14-18(10-13-22(23)29-25)26(32)30-21-7-3-5-16-4-1-2-6-20(16)21/h1-2,4,6,8-15,21,26,30,32H,3,5,7H2/t21-,26?/m1/s1. The van der Waals surface area contributed by atoms with Gasteiger partial charge in [-0.05, 0) is 60.2 Å². The Morgan fingerprint density at radius 3 is 2.66 bits per heavy atom.